The van der Waals surface area contributed by atoms with Gasteiger partial charge >= 0.3 is 12.1 Å². The van der Waals surface area contributed by atoms with Crippen molar-refractivity contribution in [2.24, 2.45) is 4.99 Å². The van der Waals surface area contributed by atoms with Crippen LogP contribution < -0.4 is 19.3 Å². The molecule has 0 bridgehead atoms. The van der Waals surface area contributed by atoms with Gasteiger partial charge in [0.1, 0.15) is 23.0 Å². The van der Waals surface area contributed by atoms with Gasteiger partial charge in [-0.05, 0) is 36.4 Å². The third-order valence-corrected chi connectivity index (χ3v) is 7.40. The number of ether oxygens (including phenoxy) is 3. The van der Waals surface area contributed by atoms with E-state index in [0.29, 0.717) is 31.9 Å². The highest BCUT2D eigenvalue weighted by Gasteiger charge is 2.49. The van der Waals surface area contributed by atoms with Crippen LogP contribution in [0.15, 0.2) is 65.7 Å². The molecule has 0 spiro atoms. The summed E-state index contributed by atoms with van der Waals surface area (Å²) < 4.78 is 73.7. The van der Waals surface area contributed by atoms with E-state index in [9.17, 15) is 18.0 Å². The van der Waals surface area contributed by atoms with Crippen molar-refractivity contribution in [3.8, 4) is 11.5 Å². The second kappa shape index (κ2) is 11.1. The van der Waals surface area contributed by atoms with Crippen LogP contribution in [-0.4, -0.2) is 57.2 Å². The minimum absolute atomic E-state index is 0.0417. The van der Waals surface area contributed by atoms with Gasteiger partial charge in [0.15, 0.2) is 0 Å². The molecule has 12 heteroatoms. The van der Waals surface area contributed by atoms with E-state index >= 15 is 4.39 Å². The fourth-order valence-corrected chi connectivity index (χ4v) is 5.41. The molecule has 1 fully saturated rings. The summed E-state index contributed by atoms with van der Waals surface area (Å²) >= 11 is 0. The molecule has 8 nitrogen and oxygen atoms in total. The van der Waals surface area contributed by atoms with Crippen molar-refractivity contribution >= 4 is 29.0 Å². The molecule has 2 aliphatic heterocycles. The molecule has 0 saturated carbocycles. The van der Waals surface area contributed by atoms with E-state index in [1.807, 2.05) is 29.2 Å². The van der Waals surface area contributed by atoms with Gasteiger partial charge < -0.3 is 24.0 Å². The van der Waals surface area contributed by atoms with Crippen LogP contribution in [0.3, 0.4) is 0 Å². The number of hydrogen-bond donors (Lipinski definition) is 0. The van der Waals surface area contributed by atoms with Crippen LogP contribution in [0.1, 0.15) is 25.0 Å². The maximum atomic E-state index is 15.3. The highest BCUT2D eigenvalue weighted by atomic mass is 19.4. The number of esters is 1. The molecule has 1 unspecified atom stereocenters. The second-order valence-electron chi connectivity index (χ2n) is 10.0. The van der Waals surface area contributed by atoms with Crippen molar-refractivity contribution in [2.45, 2.75) is 25.7 Å². The molecule has 0 radical (unpaired) electrons. The molecule has 2 aliphatic rings. The molecule has 1 saturated heterocycles. The van der Waals surface area contributed by atoms with E-state index in [1.54, 1.807) is 7.11 Å². The molecule has 0 aromatic heterocycles. The van der Waals surface area contributed by atoms with Gasteiger partial charge in [-0.3, -0.25) is 9.69 Å². The number of carbonyl (C=O) groups is 1. The first-order chi connectivity index (χ1) is 20.0. The van der Waals surface area contributed by atoms with Gasteiger partial charge in [-0.25, -0.2) is 9.38 Å². The van der Waals surface area contributed by atoms with Gasteiger partial charge in [-0.2, -0.15) is 13.2 Å². The van der Waals surface area contributed by atoms with E-state index in [4.69, 9.17) is 14.2 Å². The number of guanidine groups is 1. The number of halogens is 4. The first-order valence-electron chi connectivity index (χ1n) is 13.2. The van der Waals surface area contributed by atoms with Crippen molar-refractivity contribution in [1.29, 1.82) is 0 Å². The van der Waals surface area contributed by atoms with Crippen LogP contribution in [0, 0.1) is 5.82 Å². The molecule has 0 amide bonds. The zero-order valence-electron chi connectivity index (χ0n) is 23.5. The number of hydrogen-bond acceptors (Lipinski definition) is 8. The zero-order chi connectivity index (χ0) is 30.2. The summed E-state index contributed by atoms with van der Waals surface area (Å²) in [6, 6.07) is 14.8. The lowest BCUT2D eigenvalue weighted by Crippen LogP contribution is -2.61. The molecule has 3 aromatic carbocycles. The smallest absolute Gasteiger partial charge is 0.416 e. The molecule has 0 N–H and O–H groups in total. The predicted molar refractivity (Wildman–Crippen MR) is 150 cm³/mol. The minimum Gasteiger partial charge on any atom is -0.497 e. The van der Waals surface area contributed by atoms with E-state index in [-0.39, 0.29) is 28.6 Å². The Morgan fingerprint density at radius 3 is 2.26 bits per heavy atom. The Balaban J connectivity index is 1.65. The Kier molecular flexibility index (Phi) is 7.65. The molecule has 2 heterocycles. The molecule has 1 atom stereocenters. The lowest BCUT2D eigenvalue weighted by Gasteiger charge is -2.49. The third-order valence-electron chi connectivity index (χ3n) is 7.40. The Labute approximate surface area is 240 Å². The van der Waals surface area contributed by atoms with Gasteiger partial charge in [0.2, 0.25) is 11.7 Å². The summed E-state index contributed by atoms with van der Waals surface area (Å²) in [5.74, 6) is -0.455. The van der Waals surface area contributed by atoms with Crippen molar-refractivity contribution in [3.63, 3.8) is 0 Å². The van der Waals surface area contributed by atoms with Crippen LogP contribution in [0.5, 0.6) is 11.5 Å². The van der Waals surface area contributed by atoms with Crippen molar-refractivity contribution in [2.75, 3.05) is 50.2 Å². The lowest BCUT2D eigenvalue weighted by atomic mass is 9.96. The summed E-state index contributed by atoms with van der Waals surface area (Å²) in [5.41, 5.74) is -1.70. The standard InChI is InChI=1S/C30H30F4N4O4/c1-19(39)42-29(2)23-9-6-10-24(31)27(23)35-28(38(29)25-17-20(30(32,33)34)11-12-26(25)41-4)37-15-13-36(14-16-37)21-7-5-8-22(18-21)40-3/h5-12,17-18H,13-16H2,1-4H3. The minimum atomic E-state index is -4.67. The van der Waals surface area contributed by atoms with Crippen LogP contribution in [0.2, 0.25) is 0 Å². The highest BCUT2D eigenvalue weighted by molar-refractivity contribution is 6.02. The number of anilines is 2. The summed E-state index contributed by atoms with van der Waals surface area (Å²) in [6.07, 6.45) is -4.67. The van der Waals surface area contributed by atoms with E-state index in [2.05, 4.69) is 9.89 Å². The fourth-order valence-electron chi connectivity index (χ4n) is 5.41. The highest BCUT2D eigenvalue weighted by Crippen LogP contribution is 2.48. The van der Waals surface area contributed by atoms with Crippen LogP contribution in [0.25, 0.3) is 0 Å². The Bertz CT molecular complexity index is 1520. The predicted octanol–water partition coefficient (Wildman–Crippen LogP) is 5.93. The summed E-state index contributed by atoms with van der Waals surface area (Å²) in [6.45, 7) is 4.50. The first kappa shape index (κ1) is 29.0. The number of fused-ring (bicyclic) bond motifs is 1. The summed E-state index contributed by atoms with van der Waals surface area (Å²) in [7, 11) is 2.92. The van der Waals surface area contributed by atoms with Gasteiger partial charge in [0.05, 0.1) is 25.5 Å². The van der Waals surface area contributed by atoms with Gasteiger partial charge in [-0.15, -0.1) is 0 Å². The summed E-state index contributed by atoms with van der Waals surface area (Å²) in [4.78, 5) is 22.5. The van der Waals surface area contributed by atoms with Crippen LogP contribution >= 0.6 is 0 Å². The fraction of sp³-hybridized carbons (Fsp3) is 0.333. The molecule has 3 aromatic rings. The van der Waals surface area contributed by atoms with E-state index in [0.717, 1.165) is 17.8 Å². The number of carbonyl (C=O) groups excluding carboxylic acids is 1. The number of para-hydroxylation sites is 1. The number of alkyl halides is 3. The quantitative estimate of drug-likeness (QED) is 0.271. The normalized spacial score (nSPS) is 18.8. The Morgan fingerprint density at radius 2 is 1.62 bits per heavy atom. The van der Waals surface area contributed by atoms with E-state index < -0.39 is 29.3 Å². The number of nitrogens with zero attached hydrogens (tertiary/aromatic N) is 4. The maximum absolute atomic E-state index is 15.3. The van der Waals surface area contributed by atoms with E-state index in [1.165, 1.54) is 50.1 Å². The average molecular weight is 587 g/mol. The number of methoxy groups -OCH3 is 2. The summed E-state index contributed by atoms with van der Waals surface area (Å²) in [5, 5.41) is 0. The first-order valence-corrected chi connectivity index (χ1v) is 13.2. The number of benzene rings is 3. The van der Waals surface area contributed by atoms with Crippen LogP contribution in [-0.2, 0) is 21.4 Å². The van der Waals surface area contributed by atoms with Crippen molar-refractivity contribution < 1.29 is 36.6 Å². The van der Waals surface area contributed by atoms with Crippen molar-refractivity contribution in [3.05, 3.63) is 77.6 Å². The van der Waals surface area contributed by atoms with Crippen LogP contribution in [0.4, 0.5) is 34.6 Å². The molecular formula is C30H30F4N4O4. The largest absolute Gasteiger partial charge is 0.497 e. The molecule has 222 valence electrons. The SMILES string of the molecule is COc1cccc(N2CCN(C3=Nc4c(F)cccc4C(C)(OC(C)=O)N3c3cc(C(F)(F)F)ccc3OC)CC2)c1. The number of rotatable bonds is 5. The zero-order valence-corrected chi connectivity index (χ0v) is 23.5. The Hall–Kier alpha value is -4.48. The molecule has 5 rings (SSSR count). The third kappa shape index (κ3) is 5.28. The average Bonchev–Trinajstić information content (AvgIpc) is 2.96. The van der Waals surface area contributed by atoms with Crippen molar-refractivity contribution in [1.82, 2.24) is 4.90 Å². The monoisotopic (exact) mass is 586 g/mol. The second-order valence-corrected chi connectivity index (χ2v) is 10.0. The number of piperazine rings is 1. The molecule has 42 heavy (non-hydrogen) atoms. The van der Waals surface area contributed by atoms with Gasteiger partial charge in [0.25, 0.3) is 0 Å². The Morgan fingerprint density at radius 1 is 0.929 bits per heavy atom. The molecular weight excluding hydrogens is 556 g/mol. The molecule has 0 aliphatic carbocycles. The lowest BCUT2D eigenvalue weighted by molar-refractivity contribution is -0.155. The van der Waals surface area contributed by atoms with Gasteiger partial charge in [0, 0.05) is 57.3 Å². The van der Waals surface area contributed by atoms with Gasteiger partial charge in [-0.1, -0.05) is 18.2 Å². The number of aliphatic imine (C=N–C) groups is 1. The maximum Gasteiger partial charge on any atom is 0.416 e. The topological polar surface area (TPSA) is 66.8 Å².